The van der Waals surface area contributed by atoms with Crippen molar-refractivity contribution in [1.29, 1.82) is 0 Å². The van der Waals surface area contributed by atoms with Gasteiger partial charge in [0, 0.05) is 22.4 Å². The highest BCUT2D eigenvalue weighted by molar-refractivity contribution is 6.31. The molecule has 1 aromatic carbocycles. The second kappa shape index (κ2) is 5.28. The lowest BCUT2D eigenvalue weighted by Gasteiger charge is -2.09. The van der Waals surface area contributed by atoms with E-state index in [0.717, 1.165) is 28.6 Å². The first-order valence-corrected chi connectivity index (χ1v) is 6.09. The number of carbonyl (C=O) groups is 1. The molecule has 4 nitrogen and oxygen atoms in total. The SMILES string of the molecule is Cc1c(Cl)cccc1-n1ncc(/C=C/C(=O)O)c1C. The summed E-state index contributed by atoms with van der Waals surface area (Å²) in [4.78, 5) is 10.5. The first-order chi connectivity index (χ1) is 9.00. The van der Waals surface area contributed by atoms with E-state index in [2.05, 4.69) is 5.10 Å². The first-order valence-electron chi connectivity index (χ1n) is 5.72. The molecule has 1 aromatic heterocycles. The predicted molar refractivity (Wildman–Crippen MR) is 74.7 cm³/mol. The van der Waals surface area contributed by atoms with Crippen LogP contribution in [0.15, 0.2) is 30.5 Å². The third-order valence-electron chi connectivity index (χ3n) is 2.92. The average Bonchev–Trinajstić information content (AvgIpc) is 2.72. The molecule has 1 N–H and O–H groups in total. The van der Waals surface area contributed by atoms with Gasteiger partial charge in [-0.15, -0.1) is 0 Å². The van der Waals surface area contributed by atoms with Gasteiger partial charge < -0.3 is 5.11 Å². The molecule has 5 heteroatoms. The Bertz CT molecular complexity index is 659. The molecule has 0 amide bonds. The average molecular weight is 277 g/mol. The predicted octanol–water partition coefficient (Wildman–Crippen LogP) is 3.24. The number of nitrogens with zero attached hydrogens (tertiary/aromatic N) is 2. The lowest BCUT2D eigenvalue weighted by atomic mass is 10.2. The van der Waals surface area contributed by atoms with Crippen molar-refractivity contribution in [2.24, 2.45) is 0 Å². The highest BCUT2D eigenvalue weighted by atomic mass is 35.5. The molecule has 0 saturated heterocycles. The highest BCUT2D eigenvalue weighted by Crippen LogP contribution is 2.24. The van der Waals surface area contributed by atoms with Crippen LogP contribution in [0, 0.1) is 13.8 Å². The Kier molecular flexibility index (Phi) is 3.71. The fraction of sp³-hybridized carbons (Fsp3) is 0.143. The number of aromatic nitrogens is 2. The van der Waals surface area contributed by atoms with Crippen LogP contribution in [0.1, 0.15) is 16.8 Å². The van der Waals surface area contributed by atoms with Crippen molar-refractivity contribution in [3.8, 4) is 5.69 Å². The van der Waals surface area contributed by atoms with Crippen LogP contribution in [0.25, 0.3) is 11.8 Å². The third-order valence-corrected chi connectivity index (χ3v) is 3.33. The molecule has 2 aromatic rings. The summed E-state index contributed by atoms with van der Waals surface area (Å²) < 4.78 is 1.75. The summed E-state index contributed by atoms with van der Waals surface area (Å²) in [5, 5.41) is 13.6. The summed E-state index contributed by atoms with van der Waals surface area (Å²) in [5.74, 6) is -0.980. The van der Waals surface area contributed by atoms with E-state index in [1.54, 1.807) is 10.9 Å². The lowest BCUT2D eigenvalue weighted by Crippen LogP contribution is -2.01. The standard InChI is InChI=1S/C14H13ClN2O2/c1-9-12(15)4-3-5-13(9)17-10(2)11(8-16-17)6-7-14(18)19/h3-8H,1-2H3,(H,18,19)/b7-6+. The molecule has 0 fully saturated rings. The van der Waals surface area contributed by atoms with Crippen LogP contribution in [0.2, 0.25) is 5.02 Å². The van der Waals surface area contributed by atoms with Gasteiger partial charge in [-0.3, -0.25) is 0 Å². The van der Waals surface area contributed by atoms with Gasteiger partial charge in [-0.25, -0.2) is 9.48 Å². The smallest absolute Gasteiger partial charge is 0.328 e. The minimum atomic E-state index is -0.980. The number of benzene rings is 1. The van der Waals surface area contributed by atoms with E-state index in [4.69, 9.17) is 16.7 Å². The summed E-state index contributed by atoms with van der Waals surface area (Å²) in [6.07, 6.45) is 4.26. The molecule has 0 aliphatic carbocycles. The summed E-state index contributed by atoms with van der Waals surface area (Å²) in [6, 6.07) is 5.61. The molecule has 0 bridgehead atoms. The van der Waals surface area contributed by atoms with E-state index in [1.165, 1.54) is 6.08 Å². The normalized spacial score (nSPS) is 11.1. The van der Waals surface area contributed by atoms with Crippen LogP contribution in [-0.2, 0) is 4.79 Å². The Morgan fingerprint density at radius 2 is 2.16 bits per heavy atom. The second-order valence-corrected chi connectivity index (χ2v) is 4.56. The van der Waals surface area contributed by atoms with E-state index < -0.39 is 5.97 Å². The van der Waals surface area contributed by atoms with Crippen molar-refractivity contribution in [2.45, 2.75) is 13.8 Å². The zero-order valence-electron chi connectivity index (χ0n) is 10.6. The van der Waals surface area contributed by atoms with Crippen LogP contribution in [0.5, 0.6) is 0 Å². The van der Waals surface area contributed by atoms with Crippen LogP contribution in [-0.4, -0.2) is 20.9 Å². The van der Waals surface area contributed by atoms with Crippen LogP contribution < -0.4 is 0 Å². The third kappa shape index (κ3) is 2.69. The van der Waals surface area contributed by atoms with E-state index in [0.29, 0.717) is 5.02 Å². The molecular weight excluding hydrogens is 264 g/mol. The minimum absolute atomic E-state index is 0.676. The van der Waals surface area contributed by atoms with Crippen LogP contribution >= 0.6 is 11.6 Å². The summed E-state index contributed by atoms with van der Waals surface area (Å²) in [6.45, 7) is 3.81. The van der Waals surface area contributed by atoms with Crippen molar-refractivity contribution in [1.82, 2.24) is 9.78 Å². The molecule has 98 valence electrons. The van der Waals surface area contributed by atoms with Crippen LogP contribution in [0.3, 0.4) is 0 Å². The quantitative estimate of drug-likeness (QED) is 0.876. The van der Waals surface area contributed by atoms with E-state index in [-0.39, 0.29) is 0 Å². The number of halogens is 1. The number of carboxylic acid groups (broad SMARTS) is 1. The molecule has 0 unspecified atom stereocenters. The minimum Gasteiger partial charge on any atom is -0.478 e. The molecular formula is C14H13ClN2O2. The van der Waals surface area contributed by atoms with Gasteiger partial charge in [-0.05, 0) is 37.6 Å². The summed E-state index contributed by atoms with van der Waals surface area (Å²) in [5.41, 5.74) is 3.45. The first kappa shape index (κ1) is 13.4. The largest absolute Gasteiger partial charge is 0.478 e. The van der Waals surface area contributed by atoms with Crippen LogP contribution in [0.4, 0.5) is 0 Å². The maximum Gasteiger partial charge on any atom is 0.328 e. The number of carboxylic acids is 1. The van der Waals surface area contributed by atoms with Crippen molar-refractivity contribution in [3.05, 3.63) is 52.3 Å². The monoisotopic (exact) mass is 276 g/mol. The van der Waals surface area contributed by atoms with Gasteiger partial charge >= 0.3 is 5.97 Å². The van der Waals surface area contributed by atoms with Gasteiger partial charge in [0.05, 0.1) is 11.9 Å². The van der Waals surface area contributed by atoms with E-state index in [1.807, 2.05) is 32.0 Å². The van der Waals surface area contributed by atoms with E-state index in [9.17, 15) is 4.79 Å². The van der Waals surface area contributed by atoms with Gasteiger partial charge in [0.2, 0.25) is 0 Å². The topological polar surface area (TPSA) is 55.1 Å². The van der Waals surface area contributed by atoms with E-state index >= 15 is 0 Å². The molecule has 0 radical (unpaired) electrons. The fourth-order valence-electron chi connectivity index (χ4n) is 1.82. The van der Waals surface area contributed by atoms with Crippen molar-refractivity contribution < 1.29 is 9.90 Å². The maximum atomic E-state index is 10.5. The number of hydrogen-bond donors (Lipinski definition) is 1. The van der Waals surface area contributed by atoms with Gasteiger partial charge in [0.1, 0.15) is 0 Å². The summed E-state index contributed by atoms with van der Waals surface area (Å²) >= 11 is 6.09. The Morgan fingerprint density at radius 3 is 2.84 bits per heavy atom. The summed E-state index contributed by atoms with van der Waals surface area (Å²) in [7, 11) is 0. The molecule has 0 saturated carbocycles. The zero-order chi connectivity index (χ0) is 14.0. The molecule has 0 spiro atoms. The van der Waals surface area contributed by atoms with Gasteiger partial charge in [0.15, 0.2) is 0 Å². The lowest BCUT2D eigenvalue weighted by molar-refractivity contribution is -0.131. The zero-order valence-corrected chi connectivity index (χ0v) is 11.3. The molecule has 0 aliphatic rings. The number of hydrogen-bond acceptors (Lipinski definition) is 2. The van der Waals surface area contributed by atoms with Gasteiger partial charge in [0.25, 0.3) is 0 Å². The molecule has 19 heavy (non-hydrogen) atoms. The Labute approximate surface area is 115 Å². The molecule has 2 rings (SSSR count). The van der Waals surface area contributed by atoms with Gasteiger partial charge in [-0.2, -0.15) is 5.10 Å². The molecule has 0 atom stereocenters. The molecule has 1 heterocycles. The van der Waals surface area contributed by atoms with Crippen molar-refractivity contribution >= 4 is 23.6 Å². The Hall–Kier alpha value is -2.07. The van der Waals surface area contributed by atoms with Gasteiger partial charge in [-0.1, -0.05) is 17.7 Å². The Balaban J connectivity index is 2.47. The fourth-order valence-corrected chi connectivity index (χ4v) is 1.98. The molecule has 0 aliphatic heterocycles. The number of rotatable bonds is 3. The second-order valence-electron chi connectivity index (χ2n) is 4.15. The highest BCUT2D eigenvalue weighted by Gasteiger charge is 2.10. The Morgan fingerprint density at radius 1 is 1.42 bits per heavy atom. The van der Waals surface area contributed by atoms with Crippen molar-refractivity contribution in [3.63, 3.8) is 0 Å². The number of aliphatic carboxylic acids is 1. The maximum absolute atomic E-state index is 10.5. The van der Waals surface area contributed by atoms with Crippen molar-refractivity contribution in [2.75, 3.05) is 0 Å².